The van der Waals surface area contributed by atoms with Gasteiger partial charge >= 0.3 is 0 Å². The monoisotopic (exact) mass is 252 g/mol. The zero-order valence-electron chi connectivity index (χ0n) is 9.13. The molecular formula is C11H12N2O3S. The predicted molar refractivity (Wildman–Crippen MR) is 67.6 cm³/mol. The fraction of sp³-hybridized carbons (Fsp3) is 0.364. The molecule has 2 rings (SSSR count). The summed E-state index contributed by atoms with van der Waals surface area (Å²) >= 11 is 4.11. The van der Waals surface area contributed by atoms with Gasteiger partial charge in [0.2, 0.25) is 5.91 Å². The van der Waals surface area contributed by atoms with Gasteiger partial charge in [-0.15, -0.1) is 0 Å². The molecule has 1 aliphatic rings. The van der Waals surface area contributed by atoms with Crippen molar-refractivity contribution < 1.29 is 9.72 Å². The van der Waals surface area contributed by atoms with Gasteiger partial charge in [0.25, 0.3) is 5.69 Å². The van der Waals surface area contributed by atoms with Gasteiger partial charge in [-0.25, -0.2) is 0 Å². The molecule has 1 heterocycles. The van der Waals surface area contributed by atoms with E-state index in [1.165, 1.54) is 12.1 Å². The van der Waals surface area contributed by atoms with Gasteiger partial charge in [0, 0.05) is 24.4 Å². The topological polar surface area (TPSA) is 63.4 Å². The first-order valence-corrected chi connectivity index (χ1v) is 5.95. The van der Waals surface area contributed by atoms with Crippen LogP contribution in [-0.4, -0.2) is 23.1 Å². The lowest BCUT2D eigenvalue weighted by atomic mass is 10.1. The largest absolute Gasteiger partial charge is 0.312 e. The fourth-order valence-corrected chi connectivity index (χ4v) is 2.10. The summed E-state index contributed by atoms with van der Waals surface area (Å²) in [5.41, 5.74) is 1.57. The second-order valence-electron chi connectivity index (χ2n) is 3.87. The number of anilines is 1. The van der Waals surface area contributed by atoms with Gasteiger partial charge in [-0.2, -0.15) is 12.6 Å². The summed E-state index contributed by atoms with van der Waals surface area (Å²) in [6.45, 7) is 0.618. The predicted octanol–water partition coefficient (Wildman–Crippen LogP) is 1.80. The van der Waals surface area contributed by atoms with E-state index in [1.807, 2.05) is 0 Å². The molecule has 1 aromatic rings. The molecule has 0 radical (unpaired) electrons. The van der Waals surface area contributed by atoms with Crippen molar-refractivity contribution in [2.45, 2.75) is 12.8 Å². The number of carbonyl (C=O) groups is 1. The maximum absolute atomic E-state index is 11.7. The molecule has 0 fully saturated rings. The Bertz CT molecular complexity index is 476. The van der Waals surface area contributed by atoms with Gasteiger partial charge < -0.3 is 4.90 Å². The van der Waals surface area contributed by atoms with E-state index in [0.717, 1.165) is 17.7 Å². The molecule has 0 atom stereocenters. The first-order chi connectivity index (χ1) is 8.13. The number of nitro benzene ring substituents is 1. The maximum atomic E-state index is 11.7. The molecule has 0 saturated carbocycles. The van der Waals surface area contributed by atoms with Crippen LogP contribution in [0.1, 0.15) is 12.0 Å². The molecular weight excluding hydrogens is 240 g/mol. The molecule has 0 N–H and O–H groups in total. The number of fused-ring (bicyclic) bond motifs is 1. The van der Waals surface area contributed by atoms with E-state index in [2.05, 4.69) is 12.6 Å². The van der Waals surface area contributed by atoms with Crippen molar-refractivity contribution >= 4 is 29.9 Å². The minimum atomic E-state index is -0.443. The Kier molecular flexibility index (Phi) is 3.33. The van der Waals surface area contributed by atoms with Crippen LogP contribution < -0.4 is 4.90 Å². The SMILES string of the molecule is O=C1Cc2cc([N+](=O)[O-])ccc2N1CCCS. The molecule has 90 valence electrons. The Hall–Kier alpha value is -1.56. The van der Waals surface area contributed by atoms with E-state index < -0.39 is 4.92 Å². The van der Waals surface area contributed by atoms with Crippen molar-refractivity contribution in [3.63, 3.8) is 0 Å². The maximum Gasteiger partial charge on any atom is 0.269 e. The van der Waals surface area contributed by atoms with Crippen LogP contribution in [-0.2, 0) is 11.2 Å². The van der Waals surface area contributed by atoms with Gasteiger partial charge in [-0.1, -0.05) is 0 Å². The Morgan fingerprint density at radius 3 is 2.88 bits per heavy atom. The smallest absolute Gasteiger partial charge is 0.269 e. The molecule has 0 bridgehead atoms. The van der Waals surface area contributed by atoms with Crippen molar-refractivity contribution in [1.29, 1.82) is 0 Å². The normalized spacial score (nSPS) is 13.9. The van der Waals surface area contributed by atoms with E-state index >= 15 is 0 Å². The summed E-state index contributed by atoms with van der Waals surface area (Å²) in [6, 6.07) is 4.57. The zero-order valence-corrected chi connectivity index (χ0v) is 10.0. The number of amides is 1. The summed E-state index contributed by atoms with van der Waals surface area (Å²) in [4.78, 5) is 23.6. The number of hydrogen-bond donors (Lipinski definition) is 1. The Morgan fingerprint density at radius 2 is 2.24 bits per heavy atom. The number of non-ortho nitro benzene ring substituents is 1. The Labute approximate surface area is 104 Å². The molecule has 17 heavy (non-hydrogen) atoms. The van der Waals surface area contributed by atoms with Crippen molar-refractivity contribution in [3.8, 4) is 0 Å². The molecule has 1 aromatic carbocycles. The van der Waals surface area contributed by atoms with Crippen LogP contribution in [0.5, 0.6) is 0 Å². The first-order valence-electron chi connectivity index (χ1n) is 5.32. The average Bonchev–Trinajstić information content (AvgIpc) is 2.61. The summed E-state index contributed by atoms with van der Waals surface area (Å²) in [5.74, 6) is 0.716. The zero-order chi connectivity index (χ0) is 12.4. The number of thiol groups is 1. The molecule has 1 amide bonds. The number of rotatable bonds is 4. The van der Waals surface area contributed by atoms with Crippen LogP contribution in [0.4, 0.5) is 11.4 Å². The Morgan fingerprint density at radius 1 is 1.47 bits per heavy atom. The van der Waals surface area contributed by atoms with E-state index in [1.54, 1.807) is 11.0 Å². The first kappa shape index (κ1) is 11.9. The lowest BCUT2D eigenvalue weighted by molar-refractivity contribution is -0.384. The number of benzene rings is 1. The molecule has 0 aromatic heterocycles. The van der Waals surface area contributed by atoms with E-state index in [9.17, 15) is 14.9 Å². The van der Waals surface area contributed by atoms with Crippen LogP contribution in [0.2, 0.25) is 0 Å². The number of nitro groups is 1. The quantitative estimate of drug-likeness (QED) is 0.505. The van der Waals surface area contributed by atoms with Crippen molar-refractivity contribution in [2.24, 2.45) is 0 Å². The lowest BCUT2D eigenvalue weighted by Crippen LogP contribution is -2.27. The second kappa shape index (κ2) is 4.75. The van der Waals surface area contributed by atoms with Crippen molar-refractivity contribution in [2.75, 3.05) is 17.2 Å². The third-order valence-electron chi connectivity index (χ3n) is 2.75. The highest BCUT2D eigenvalue weighted by atomic mass is 32.1. The van der Waals surface area contributed by atoms with E-state index in [4.69, 9.17) is 0 Å². The molecule has 1 aliphatic heterocycles. The van der Waals surface area contributed by atoms with Crippen molar-refractivity contribution in [3.05, 3.63) is 33.9 Å². The molecule has 5 nitrogen and oxygen atoms in total. The van der Waals surface area contributed by atoms with Gasteiger partial charge in [-0.05, 0) is 23.8 Å². The highest BCUT2D eigenvalue weighted by Crippen LogP contribution is 2.31. The second-order valence-corrected chi connectivity index (χ2v) is 4.32. The molecule has 0 spiro atoms. The number of nitrogens with zero attached hydrogens (tertiary/aromatic N) is 2. The van der Waals surface area contributed by atoms with Gasteiger partial charge in [0.05, 0.1) is 11.3 Å². The lowest BCUT2D eigenvalue weighted by Gasteiger charge is -2.16. The molecule has 0 saturated heterocycles. The van der Waals surface area contributed by atoms with Crippen LogP contribution in [0.15, 0.2) is 18.2 Å². The third-order valence-corrected chi connectivity index (χ3v) is 3.06. The molecule has 0 unspecified atom stereocenters. The van der Waals surface area contributed by atoms with Gasteiger partial charge in [0.1, 0.15) is 0 Å². The summed E-state index contributed by atoms with van der Waals surface area (Å²) < 4.78 is 0. The standard InChI is InChI=1S/C11H12N2O3S/c14-11-7-8-6-9(13(15)16)2-3-10(8)12(11)4-1-5-17/h2-3,6,17H,1,4-5,7H2. The van der Waals surface area contributed by atoms with Gasteiger partial charge in [-0.3, -0.25) is 14.9 Å². The van der Waals surface area contributed by atoms with E-state index in [0.29, 0.717) is 12.3 Å². The summed E-state index contributed by atoms with van der Waals surface area (Å²) in [6.07, 6.45) is 1.06. The minimum absolute atomic E-state index is 0.00211. The summed E-state index contributed by atoms with van der Waals surface area (Å²) in [7, 11) is 0. The highest BCUT2D eigenvalue weighted by molar-refractivity contribution is 7.80. The molecule has 6 heteroatoms. The van der Waals surface area contributed by atoms with E-state index in [-0.39, 0.29) is 18.0 Å². The number of hydrogen-bond acceptors (Lipinski definition) is 4. The molecule has 0 aliphatic carbocycles. The Balaban J connectivity index is 2.28. The van der Waals surface area contributed by atoms with Crippen molar-refractivity contribution in [1.82, 2.24) is 0 Å². The third kappa shape index (κ3) is 2.26. The minimum Gasteiger partial charge on any atom is -0.312 e. The fourth-order valence-electron chi connectivity index (χ4n) is 1.96. The van der Waals surface area contributed by atoms with Gasteiger partial charge in [0.15, 0.2) is 0 Å². The van der Waals surface area contributed by atoms with Crippen LogP contribution in [0.25, 0.3) is 0 Å². The van der Waals surface area contributed by atoms with Crippen LogP contribution in [0, 0.1) is 10.1 Å². The summed E-state index contributed by atoms with van der Waals surface area (Å²) in [5, 5.41) is 10.6. The van der Waals surface area contributed by atoms with Crippen LogP contribution >= 0.6 is 12.6 Å². The average molecular weight is 252 g/mol. The highest BCUT2D eigenvalue weighted by Gasteiger charge is 2.28. The van der Waals surface area contributed by atoms with Crippen LogP contribution in [0.3, 0.4) is 0 Å². The number of carbonyl (C=O) groups excluding carboxylic acids is 1.